The molecule has 0 radical (unpaired) electrons. The predicted molar refractivity (Wildman–Crippen MR) is 55.3 cm³/mol. The van der Waals surface area contributed by atoms with E-state index in [1.54, 1.807) is 0 Å². The van der Waals surface area contributed by atoms with Crippen LogP contribution in [-0.2, 0) is 0 Å². The molecule has 0 heterocycles. The van der Waals surface area contributed by atoms with Crippen molar-refractivity contribution < 1.29 is 0 Å². The second kappa shape index (κ2) is 10.1. The molecule has 0 saturated carbocycles. The van der Waals surface area contributed by atoms with Crippen LogP contribution < -0.4 is 10.6 Å². The topological polar surface area (TPSA) is 24.1 Å². The summed E-state index contributed by atoms with van der Waals surface area (Å²) >= 11 is 0. The summed E-state index contributed by atoms with van der Waals surface area (Å²) < 4.78 is 0. The van der Waals surface area contributed by atoms with E-state index in [-0.39, 0.29) is 0 Å². The Morgan fingerprint density at radius 3 is 1.50 bits per heavy atom. The Kier molecular flexibility index (Phi) is 9.41. The zero-order chi connectivity index (χ0) is 9.07. The van der Waals surface area contributed by atoms with E-state index in [9.17, 15) is 0 Å². The van der Waals surface area contributed by atoms with Crippen LogP contribution >= 0.6 is 0 Å². The normalized spacial score (nSPS) is 10.3. The quantitative estimate of drug-likeness (QED) is 0.417. The molecule has 0 aliphatic heterocycles. The highest BCUT2D eigenvalue weighted by molar-refractivity contribution is 4.87. The Balaban J connectivity index is 3.02. The monoisotopic (exact) mass is 166 g/mol. The minimum Gasteiger partial charge on any atom is -0.310 e. The fraction of sp³-hybridized carbons (Fsp3) is 0.400. The fourth-order valence-electron chi connectivity index (χ4n) is 0.704. The van der Waals surface area contributed by atoms with Crippen LogP contribution in [0.4, 0.5) is 0 Å². The van der Waals surface area contributed by atoms with Crippen molar-refractivity contribution in [3.8, 4) is 0 Å². The molecule has 0 spiro atoms. The van der Waals surface area contributed by atoms with Gasteiger partial charge in [0.05, 0.1) is 0 Å². The lowest BCUT2D eigenvalue weighted by Crippen LogP contribution is -2.15. The zero-order valence-electron chi connectivity index (χ0n) is 7.55. The number of hydrogen-bond donors (Lipinski definition) is 2. The minimum absolute atomic E-state index is 0.866. The maximum Gasteiger partial charge on any atom is 0.0138 e. The molecule has 0 aromatic rings. The second-order valence-electron chi connectivity index (χ2n) is 2.37. The summed E-state index contributed by atoms with van der Waals surface area (Å²) in [4.78, 5) is 0. The number of nitrogens with one attached hydrogen (secondary N) is 2. The van der Waals surface area contributed by atoms with E-state index in [0.717, 1.165) is 26.2 Å². The van der Waals surface area contributed by atoms with Gasteiger partial charge in [0.2, 0.25) is 0 Å². The summed E-state index contributed by atoms with van der Waals surface area (Å²) in [6.45, 7) is 10.8. The SMILES string of the molecule is C=CCNCC=CCNCC=C. The first kappa shape index (κ1) is 11.1. The van der Waals surface area contributed by atoms with Gasteiger partial charge in [-0.25, -0.2) is 0 Å². The molecule has 2 N–H and O–H groups in total. The van der Waals surface area contributed by atoms with E-state index in [0.29, 0.717) is 0 Å². The van der Waals surface area contributed by atoms with Crippen LogP contribution in [0.1, 0.15) is 0 Å². The van der Waals surface area contributed by atoms with Crippen molar-refractivity contribution in [3.63, 3.8) is 0 Å². The van der Waals surface area contributed by atoms with Crippen LogP contribution in [0, 0.1) is 0 Å². The molecular weight excluding hydrogens is 148 g/mol. The van der Waals surface area contributed by atoms with Crippen molar-refractivity contribution in [2.24, 2.45) is 0 Å². The molecule has 0 aromatic carbocycles. The van der Waals surface area contributed by atoms with Crippen LogP contribution in [0.5, 0.6) is 0 Å². The highest BCUT2D eigenvalue weighted by Gasteiger charge is 1.77. The Hall–Kier alpha value is -0.860. The summed E-state index contributed by atoms with van der Waals surface area (Å²) in [6.07, 6.45) is 7.90. The third-order valence-corrected chi connectivity index (χ3v) is 1.27. The van der Waals surface area contributed by atoms with Crippen molar-refractivity contribution in [1.82, 2.24) is 10.6 Å². The van der Waals surface area contributed by atoms with Gasteiger partial charge in [0.1, 0.15) is 0 Å². The molecule has 0 atom stereocenters. The highest BCUT2D eigenvalue weighted by atomic mass is 14.8. The molecule has 0 saturated heterocycles. The van der Waals surface area contributed by atoms with E-state index in [1.165, 1.54) is 0 Å². The van der Waals surface area contributed by atoms with Crippen LogP contribution in [0.25, 0.3) is 0 Å². The maximum atomic E-state index is 3.61. The molecule has 0 aliphatic rings. The summed E-state index contributed by atoms with van der Waals surface area (Å²) in [5.74, 6) is 0. The molecule has 0 amide bonds. The van der Waals surface area contributed by atoms with Crippen molar-refractivity contribution in [3.05, 3.63) is 37.5 Å². The van der Waals surface area contributed by atoms with Gasteiger partial charge >= 0.3 is 0 Å². The summed E-state index contributed by atoms with van der Waals surface area (Å²) in [7, 11) is 0. The molecular formula is C10H18N2. The minimum atomic E-state index is 0.866. The first-order chi connectivity index (χ1) is 5.91. The highest BCUT2D eigenvalue weighted by Crippen LogP contribution is 1.70. The first-order valence-corrected chi connectivity index (χ1v) is 4.20. The predicted octanol–water partition coefficient (Wildman–Crippen LogP) is 1.09. The van der Waals surface area contributed by atoms with Gasteiger partial charge in [0.15, 0.2) is 0 Å². The van der Waals surface area contributed by atoms with Gasteiger partial charge in [-0.15, -0.1) is 13.2 Å². The van der Waals surface area contributed by atoms with E-state index >= 15 is 0 Å². The maximum absolute atomic E-state index is 3.61. The molecule has 0 fully saturated rings. The van der Waals surface area contributed by atoms with Gasteiger partial charge in [0, 0.05) is 26.2 Å². The Morgan fingerprint density at radius 1 is 0.750 bits per heavy atom. The molecule has 2 nitrogen and oxygen atoms in total. The van der Waals surface area contributed by atoms with Crippen molar-refractivity contribution in [2.75, 3.05) is 26.2 Å². The molecule has 12 heavy (non-hydrogen) atoms. The summed E-state index contributed by atoms with van der Waals surface area (Å²) in [6, 6.07) is 0. The van der Waals surface area contributed by atoms with Crippen LogP contribution in [0.3, 0.4) is 0 Å². The van der Waals surface area contributed by atoms with E-state index in [1.807, 2.05) is 12.2 Å². The van der Waals surface area contributed by atoms with Crippen LogP contribution in [0.2, 0.25) is 0 Å². The fourth-order valence-corrected chi connectivity index (χ4v) is 0.704. The summed E-state index contributed by atoms with van der Waals surface area (Å²) in [5, 5.41) is 6.35. The Bertz CT molecular complexity index is 123. The molecule has 0 rings (SSSR count). The van der Waals surface area contributed by atoms with Gasteiger partial charge in [-0.05, 0) is 0 Å². The van der Waals surface area contributed by atoms with Crippen LogP contribution in [0.15, 0.2) is 37.5 Å². The number of rotatable bonds is 8. The molecule has 68 valence electrons. The van der Waals surface area contributed by atoms with Gasteiger partial charge in [0.25, 0.3) is 0 Å². The molecule has 0 aromatic heterocycles. The van der Waals surface area contributed by atoms with Gasteiger partial charge < -0.3 is 10.6 Å². The van der Waals surface area contributed by atoms with Crippen molar-refractivity contribution in [2.45, 2.75) is 0 Å². The smallest absolute Gasteiger partial charge is 0.0138 e. The van der Waals surface area contributed by atoms with Crippen LogP contribution in [-0.4, -0.2) is 26.2 Å². The zero-order valence-corrected chi connectivity index (χ0v) is 7.55. The lowest BCUT2D eigenvalue weighted by Gasteiger charge is -1.95. The third kappa shape index (κ3) is 9.14. The third-order valence-electron chi connectivity index (χ3n) is 1.27. The van der Waals surface area contributed by atoms with Crippen molar-refractivity contribution >= 4 is 0 Å². The van der Waals surface area contributed by atoms with E-state index < -0.39 is 0 Å². The lowest BCUT2D eigenvalue weighted by molar-refractivity contribution is 0.822. The Morgan fingerprint density at radius 2 is 1.17 bits per heavy atom. The molecule has 0 unspecified atom stereocenters. The van der Waals surface area contributed by atoms with E-state index in [2.05, 4.69) is 35.9 Å². The molecule has 2 heteroatoms. The number of hydrogen-bond acceptors (Lipinski definition) is 2. The average molecular weight is 166 g/mol. The van der Waals surface area contributed by atoms with Gasteiger partial charge in [-0.1, -0.05) is 24.3 Å². The lowest BCUT2D eigenvalue weighted by atomic mass is 10.4. The standard InChI is InChI=1S/C10H18N2/c1-3-7-11-9-5-6-10-12-8-4-2/h3-6,11-12H,1-2,7-10H2. The van der Waals surface area contributed by atoms with Gasteiger partial charge in [-0.2, -0.15) is 0 Å². The first-order valence-electron chi connectivity index (χ1n) is 4.20. The van der Waals surface area contributed by atoms with E-state index in [4.69, 9.17) is 0 Å². The van der Waals surface area contributed by atoms with Crippen molar-refractivity contribution in [1.29, 1.82) is 0 Å². The summed E-state index contributed by atoms with van der Waals surface area (Å²) in [5.41, 5.74) is 0. The molecule has 0 bridgehead atoms. The largest absolute Gasteiger partial charge is 0.310 e. The molecule has 0 aliphatic carbocycles. The average Bonchev–Trinajstić information content (AvgIpc) is 2.10. The Labute approximate surface area is 75.1 Å². The van der Waals surface area contributed by atoms with Gasteiger partial charge in [-0.3, -0.25) is 0 Å². The second-order valence-corrected chi connectivity index (χ2v) is 2.37.